The van der Waals surface area contributed by atoms with Gasteiger partial charge in [0.15, 0.2) is 11.6 Å². The van der Waals surface area contributed by atoms with Crippen molar-refractivity contribution in [3.8, 4) is 0 Å². The van der Waals surface area contributed by atoms with Crippen molar-refractivity contribution < 1.29 is 32.9 Å². The Bertz CT molecular complexity index is 788. The molecule has 9 heteroatoms. The lowest BCUT2D eigenvalue weighted by Gasteiger charge is -2.15. The molecule has 3 N–H and O–H groups in total. The van der Waals surface area contributed by atoms with E-state index >= 15 is 0 Å². The zero-order valence-corrected chi connectivity index (χ0v) is 14.8. The van der Waals surface area contributed by atoms with Gasteiger partial charge in [-0.3, -0.25) is 0 Å². The summed E-state index contributed by atoms with van der Waals surface area (Å²) in [5.74, 6) is -4.40. The molecule has 0 saturated heterocycles. The van der Waals surface area contributed by atoms with E-state index in [0.29, 0.717) is 3.57 Å². The molecule has 0 spiro atoms. The Hall–Kier alpha value is -1.85. The summed E-state index contributed by atoms with van der Waals surface area (Å²) in [6.07, 6.45) is -1.31. The molecular weight excluding hydrogens is 454 g/mol. The van der Waals surface area contributed by atoms with Crippen LogP contribution in [0.1, 0.15) is 10.4 Å². The van der Waals surface area contributed by atoms with E-state index in [4.69, 9.17) is 9.84 Å². The van der Waals surface area contributed by atoms with Gasteiger partial charge in [0.25, 0.3) is 0 Å². The number of ether oxygens (including phenoxy) is 1. The van der Waals surface area contributed by atoms with Crippen molar-refractivity contribution in [2.24, 2.45) is 0 Å². The fourth-order valence-corrected chi connectivity index (χ4v) is 2.32. The summed E-state index contributed by atoms with van der Waals surface area (Å²) in [7, 11) is 0. The highest BCUT2D eigenvalue weighted by atomic mass is 127. The molecule has 0 bridgehead atoms. The van der Waals surface area contributed by atoms with Crippen LogP contribution in [0.4, 0.5) is 24.5 Å². The second kappa shape index (κ2) is 8.50. The normalized spacial score (nSPS) is 11.9. The van der Waals surface area contributed by atoms with Crippen LogP contribution >= 0.6 is 22.6 Å². The molecule has 5 nitrogen and oxygen atoms in total. The van der Waals surface area contributed by atoms with E-state index in [-0.39, 0.29) is 11.3 Å². The molecule has 25 heavy (non-hydrogen) atoms. The Kier molecular flexibility index (Phi) is 6.62. The summed E-state index contributed by atoms with van der Waals surface area (Å²) < 4.78 is 46.9. The van der Waals surface area contributed by atoms with Gasteiger partial charge in [-0.25, -0.2) is 18.0 Å². The number of aliphatic hydroxyl groups is 2. The van der Waals surface area contributed by atoms with Gasteiger partial charge >= 0.3 is 5.97 Å². The molecular formula is C16H13F3INO4. The molecule has 0 amide bonds. The first-order chi connectivity index (χ1) is 11.8. The van der Waals surface area contributed by atoms with E-state index in [1.165, 1.54) is 12.1 Å². The third kappa shape index (κ3) is 4.83. The van der Waals surface area contributed by atoms with Gasteiger partial charge in [0.2, 0.25) is 0 Å². The van der Waals surface area contributed by atoms with Crippen LogP contribution in [0, 0.1) is 21.0 Å². The largest absolute Gasteiger partial charge is 0.459 e. The van der Waals surface area contributed by atoms with Gasteiger partial charge < -0.3 is 20.3 Å². The van der Waals surface area contributed by atoms with Crippen LogP contribution in [-0.2, 0) is 4.74 Å². The van der Waals surface area contributed by atoms with Gasteiger partial charge in [-0.15, -0.1) is 0 Å². The van der Waals surface area contributed by atoms with E-state index in [2.05, 4.69) is 5.32 Å². The Morgan fingerprint density at radius 1 is 1.20 bits per heavy atom. The Labute approximate surface area is 154 Å². The van der Waals surface area contributed by atoms with Crippen LogP contribution in [0.25, 0.3) is 0 Å². The Morgan fingerprint density at radius 2 is 1.92 bits per heavy atom. The van der Waals surface area contributed by atoms with Crippen molar-refractivity contribution >= 4 is 39.9 Å². The first-order valence-corrected chi connectivity index (χ1v) is 8.07. The minimum absolute atomic E-state index is 0.158. The summed E-state index contributed by atoms with van der Waals surface area (Å²) in [6.45, 7) is -1.17. The molecule has 0 heterocycles. The lowest BCUT2D eigenvalue weighted by Crippen LogP contribution is -2.22. The zero-order valence-electron chi connectivity index (χ0n) is 12.6. The van der Waals surface area contributed by atoms with Gasteiger partial charge in [-0.2, -0.15) is 0 Å². The van der Waals surface area contributed by atoms with Crippen molar-refractivity contribution in [1.29, 1.82) is 0 Å². The third-order valence-corrected chi connectivity index (χ3v) is 3.79. The van der Waals surface area contributed by atoms with Gasteiger partial charge in [0.1, 0.15) is 18.5 Å². The maximum atomic E-state index is 14.1. The van der Waals surface area contributed by atoms with E-state index in [0.717, 1.165) is 12.1 Å². The number of rotatable bonds is 6. The Balaban J connectivity index is 2.35. The fraction of sp³-hybridized carbons (Fsp3) is 0.188. The van der Waals surface area contributed by atoms with Gasteiger partial charge in [0, 0.05) is 3.57 Å². The van der Waals surface area contributed by atoms with Crippen LogP contribution < -0.4 is 5.32 Å². The quantitative estimate of drug-likeness (QED) is 0.450. The zero-order chi connectivity index (χ0) is 18.6. The van der Waals surface area contributed by atoms with Crippen molar-refractivity contribution in [2.45, 2.75) is 6.10 Å². The molecule has 0 saturated carbocycles. The first kappa shape index (κ1) is 19.5. The smallest absolute Gasteiger partial charge is 0.340 e. The van der Waals surface area contributed by atoms with Crippen molar-refractivity contribution in [2.75, 3.05) is 18.5 Å². The van der Waals surface area contributed by atoms with Crippen LogP contribution in [-0.4, -0.2) is 35.5 Å². The number of anilines is 2. The highest BCUT2D eigenvalue weighted by Gasteiger charge is 2.21. The number of esters is 1. The van der Waals surface area contributed by atoms with Gasteiger partial charge in [-0.05, 0) is 52.9 Å². The minimum atomic E-state index is -1.38. The number of nitrogens with one attached hydrogen (secondary N) is 1. The number of halogens is 4. The van der Waals surface area contributed by atoms with Gasteiger partial charge in [0.05, 0.1) is 23.5 Å². The standard InChI is InChI=1S/C16H13F3INO4/c17-11-3-2-10(16(24)25-7-9(23)6-22)15(14(11)19)21-13-4-1-8(20)5-12(13)18/h1-5,9,21-23H,6-7H2. The molecule has 2 rings (SSSR count). The molecule has 0 fully saturated rings. The predicted molar refractivity (Wildman–Crippen MR) is 92.1 cm³/mol. The number of hydrogen-bond donors (Lipinski definition) is 3. The predicted octanol–water partition coefficient (Wildman–Crippen LogP) is 2.96. The summed E-state index contributed by atoms with van der Waals surface area (Å²) in [5.41, 5.74) is -1.14. The van der Waals surface area contributed by atoms with Crippen LogP contribution in [0.5, 0.6) is 0 Å². The molecule has 0 radical (unpaired) electrons. The highest BCUT2D eigenvalue weighted by Crippen LogP contribution is 2.29. The molecule has 134 valence electrons. The second-order valence-corrected chi connectivity index (χ2v) is 6.21. The highest BCUT2D eigenvalue weighted by molar-refractivity contribution is 14.1. The van der Waals surface area contributed by atoms with Crippen LogP contribution in [0.15, 0.2) is 30.3 Å². The topological polar surface area (TPSA) is 78.8 Å². The van der Waals surface area contributed by atoms with Crippen molar-refractivity contribution in [1.82, 2.24) is 0 Å². The summed E-state index contributed by atoms with van der Waals surface area (Å²) in [4.78, 5) is 12.0. The van der Waals surface area contributed by atoms with E-state index in [1.807, 2.05) is 22.6 Å². The molecule has 1 atom stereocenters. The van der Waals surface area contributed by atoms with Crippen molar-refractivity contribution in [3.05, 3.63) is 56.9 Å². The summed E-state index contributed by atoms with van der Waals surface area (Å²) in [6, 6.07) is 5.73. The van der Waals surface area contributed by atoms with E-state index < -0.39 is 48.4 Å². The monoisotopic (exact) mass is 467 g/mol. The minimum Gasteiger partial charge on any atom is -0.459 e. The number of carbonyl (C=O) groups is 1. The molecule has 0 aliphatic heterocycles. The first-order valence-electron chi connectivity index (χ1n) is 6.99. The maximum Gasteiger partial charge on any atom is 0.340 e. The number of aliphatic hydroxyl groups excluding tert-OH is 2. The van der Waals surface area contributed by atoms with E-state index in [1.54, 1.807) is 6.07 Å². The Morgan fingerprint density at radius 3 is 2.56 bits per heavy atom. The number of benzene rings is 2. The maximum absolute atomic E-state index is 14.1. The van der Waals surface area contributed by atoms with Crippen LogP contribution in [0.3, 0.4) is 0 Å². The summed E-state index contributed by atoms with van der Waals surface area (Å²) in [5, 5.41) is 20.2. The average Bonchev–Trinajstić information content (AvgIpc) is 2.58. The molecule has 0 aliphatic rings. The lowest BCUT2D eigenvalue weighted by atomic mass is 10.1. The third-order valence-electron chi connectivity index (χ3n) is 3.12. The molecule has 0 aliphatic carbocycles. The summed E-state index contributed by atoms with van der Waals surface area (Å²) >= 11 is 1.88. The molecule has 1 unspecified atom stereocenters. The fourth-order valence-electron chi connectivity index (χ4n) is 1.87. The lowest BCUT2D eigenvalue weighted by molar-refractivity contribution is 0.00937. The number of hydrogen-bond acceptors (Lipinski definition) is 5. The average molecular weight is 467 g/mol. The number of carbonyl (C=O) groups excluding carboxylic acids is 1. The molecule has 2 aromatic carbocycles. The SMILES string of the molecule is O=C(OCC(O)CO)c1ccc(F)c(F)c1Nc1ccc(I)cc1F. The molecule has 0 aromatic heterocycles. The second-order valence-electron chi connectivity index (χ2n) is 4.97. The van der Waals surface area contributed by atoms with Gasteiger partial charge in [-0.1, -0.05) is 0 Å². The molecule has 2 aromatic rings. The van der Waals surface area contributed by atoms with Crippen LogP contribution in [0.2, 0.25) is 0 Å². The van der Waals surface area contributed by atoms with Crippen molar-refractivity contribution in [3.63, 3.8) is 0 Å². The van der Waals surface area contributed by atoms with E-state index in [9.17, 15) is 23.1 Å².